The number of piperazine rings is 1. The monoisotopic (exact) mass is 339 g/mol. The standard InChI is InChI=1S/C15H22BrN3O/c1-12-9-19(8-7-17-12)11-15(20)18(2)10-13-5-3-4-6-14(13)16/h3-6,12,17H,7-11H2,1-2H3/t12-/m1/s1. The number of hydrogen-bond acceptors (Lipinski definition) is 3. The molecule has 1 atom stereocenters. The highest BCUT2D eigenvalue weighted by Gasteiger charge is 2.20. The zero-order chi connectivity index (χ0) is 14.5. The largest absolute Gasteiger partial charge is 0.340 e. The second-order valence-corrected chi connectivity index (χ2v) is 6.29. The molecule has 1 heterocycles. The molecule has 0 radical (unpaired) electrons. The van der Waals surface area contributed by atoms with Gasteiger partial charge in [-0.15, -0.1) is 0 Å². The summed E-state index contributed by atoms with van der Waals surface area (Å²) in [5.74, 6) is 0.176. The van der Waals surface area contributed by atoms with Crippen LogP contribution in [0.4, 0.5) is 0 Å². The maximum Gasteiger partial charge on any atom is 0.236 e. The van der Waals surface area contributed by atoms with Gasteiger partial charge in [-0.3, -0.25) is 9.69 Å². The predicted octanol–water partition coefficient (Wildman–Crippen LogP) is 1.70. The van der Waals surface area contributed by atoms with Gasteiger partial charge in [0, 0.05) is 43.7 Å². The van der Waals surface area contributed by atoms with Crippen LogP contribution >= 0.6 is 15.9 Å². The fourth-order valence-electron chi connectivity index (χ4n) is 2.44. The van der Waals surface area contributed by atoms with Gasteiger partial charge in [0.25, 0.3) is 0 Å². The van der Waals surface area contributed by atoms with Crippen LogP contribution in [0.1, 0.15) is 12.5 Å². The molecule has 0 aliphatic carbocycles. The number of benzene rings is 1. The lowest BCUT2D eigenvalue weighted by Gasteiger charge is -2.32. The lowest BCUT2D eigenvalue weighted by molar-refractivity contribution is -0.131. The lowest BCUT2D eigenvalue weighted by Crippen LogP contribution is -2.51. The van der Waals surface area contributed by atoms with E-state index in [1.807, 2.05) is 31.3 Å². The van der Waals surface area contributed by atoms with Crippen LogP contribution in [0.2, 0.25) is 0 Å². The van der Waals surface area contributed by atoms with Gasteiger partial charge in [-0.05, 0) is 18.6 Å². The minimum atomic E-state index is 0.176. The number of carbonyl (C=O) groups is 1. The molecule has 110 valence electrons. The number of rotatable bonds is 4. The summed E-state index contributed by atoms with van der Waals surface area (Å²) in [5, 5.41) is 3.39. The molecule has 1 aromatic rings. The van der Waals surface area contributed by atoms with E-state index in [2.05, 4.69) is 33.1 Å². The molecule has 4 nitrogen and oxygen atoms in total. The van der Waals surface area contributed by atoms with Gasteiger partial charge in [-0.2, -0.15) is 0 Å². The van der Waals surface area contributed by atoms with Gasteiger partial charge in [-0.25, -0.2) is 0 Å². The van der Waals surface area contributed by atoms with Crippen molar-refractivity contribution in [2.75, 3.05) is 33.2 Å². The molecule has 0 bridgehead atoms. The highest BCUT2D eigenvalue weighted by molar-refractivity contribution is 9.10. The van der Waals surface area contributed by atoms with Gasteiger partial charge in [0.1, 0.15) is 0 Å². The Hall–Kier alpha value is -0.910. The summed E-state index contributed by atoms with van der Waals surface area (Å²) >= 11 is 3.52. The fourth-order valence-corrected chi connectivity index (χ4v) is 2.85. The number of nitrogens with zero attached hydrogens (tertiary/aromatic N) is 2. The minimum absolute atomic E-state index is 0.176. The molecule has 0 unspecified atom stereocenters. The van der Waals surface area contributed by atoms with E-state index in [4.69, 9.17) is 0 Å². The molecule has 1 saturated heterocycles. The Kier molecular flexibility index (Phi) is 5.57. The first-order valence-corrected chi connectivity index (χ1v) is 7.78. The van der Waals surface area contributed by atoms with Crippen LogP contribution in [0.3, 0.4) is 0 Å². The third kappa shape index (κ3) is 4.30. The molecule has 1 fully saturated rings. The van der Waals surface area contributed by atoms with Gasteiger partial charge in [0.15, 0.2) is 0 Å². The van der Waals surface area contributed by atoms with Gasteiger partial charge in [-0.1, -0.05) is 34.1 Å². The molecule has 1 aliphatic heterocycles. The van der Waals surface area contributed by atoms with E-state index in [0.29, 0.717) is 19.1 Å². The highest BCUT2D eigenvalue weighted by atomic mass is 79.9. The van der Waals surface area contributed by atoms with E-state index < -0.39 is 0 Å². The van der Waals surface area contributed by atoms with Gasteiger partial charge in [0.2, 0.25) is 5.91 Å². The van der Waals surface area contributed by atoms with Crippen LogP contribution in [0.25, 0.3) is 0 Å². The topological polar surface area (TPSA) is 35.6 Å². The SMILES string of the molecule is C[C@@H]1CN(CC(=O)N(C)Cc2ccccc2Br)CCN1. The zero-order valence-corrected chi connectivity index (χ0v) is 13.7. The average molecular weight is 340 g/mol. The smallest absolute Gasteiger partial charge is 0.236 e. The summed E-state index contributed by atoms with van der Waals surface area (Å²) in [6.45, 7) is 6.15. The third-order valence-electron chi connectivity index (χ3n) is 3.60. The van der Waals surface area contributed by atoms with Crippen molar-refractivity contribution < 1.29 is 4.79 Å². The van der Waals surface area contributed by atoms with Crippen LogP contribution in [0.5, 0.6) is 0 Å². The van der Waals surface area contributed by atoms with Crippen molar-refractivity contribution in [1.82, 2.24) is 15.1 Å². The summed E-state index contributed by atoms with van der Waals surface area (Å²) in [6.07, 6.45) is 0. The van der Waals surface area contributed by atoms with Crippen LogP contribution in [-0.4, -0.2) is 55.0 Å². The van der Waals surface area contributed by atoms with E-state index in [-0.39, 0.29) is 5.91 Å². The van der Waals surface area contributed by atoms with E-state index in [1.165, 1.54) is 0 Å². The maximum atomic E-state index is 12.3. The van der Waals surface area contributed by atoms with Crippen molar-refractivity contribution in [2.45, 2.75) is 19.5 Å². The van der Waals surface area contributed by atoms with Gasteiger partial charge >= 0.3 is 0 Å². The summed E-state index contributed by atoms with van der Waals surface area (Å²) in [6, 6.07) is 8.49. The Morgan fingerprint density at radius 3 is 2.95 bits per heavy atom. The molecule has 1 aliphatic rings. The molecular weight excluding hydrogens is 318 g/mol. The molecule has 1 aromatic carbocycles. The first-order valence-electron chi connectivity index (χ1n) is 6.99. The summed E-state index contributed by atoms with van der Waals surface area (Å²) in [5.41, 5.74) is 1.14. The summed E-state index contributed by atoms with van der Waals surface area (Å²) in [7, 11) is 1.87. The minimum Gasteiger partial charge on any atom is -0.340 e. The van der Waals surface area contributed by atoms with Crippen LogP contribution in [0.15, 0.2) is 28.7 Å². The first-order chi connectivity index (χ1) is 9.56. The first kappa shape index (κ1) is 15.5. The number of nitrogens with one attached hydrogen (secondary N) is 1. The maximum absolute atomic E-state index is 12.3. The Morgan fingerprint density at radius 1 is 1.50 bits per heavy atom. The molecule has 0 aromatic heterocycles. The Bertz CT molecular complexity index is 466. The molecule has 1 amide bonds. The van der Waals surface area contributed by atoms with E-state index in [1.54, 1.807) is 4.90 Å². The van der Waals surface area contributed by atoms with Crippen molar-refractivity contribution in [3.8, 4) is 0 Å². The van der Waals surface area contributed by atoms with E-state index >= 15 is 0 Å². The highest BCUT2D eigenvalue weighted by Crippen LogP contribution is 2.17. The van der Waals surface area contributed by atoms with Crippen LogP contribution in [-0.2, 0) is 11.3 Å². The predicted molar refractivity (Wildman–Crippen MR) is 84.5 cm³/mol. The van der Waals surface area contributed by atoms with E-state index in [9.17, 15) is 4.79 Å². The number of hydrogen-bond donors (Lipinski definition) is 1. The number of amides is 1. The Balaban J connectivity index is 1.87. The van der Waals surface area contributed by atoms with Crippen LogP contribution < -0.4 is 5.32 Å². The van der Waals surface area contributed by atoms with Crippen molar-refractivity contribution in [1.29, 1.82) is 0 Å². The van der Waals surface area contributed by atoms with Gasteiger partial charge in [0.05, 0.1) is 6.54 Å². The molecule has 2 rings (SSSR count). The number of likely N-dealkylation sites (N-methyl/N-ethyl adjacent to an activating group) is 1. The van der Waals surface area contributed by atoms with Crippen molar-refractivity contribution in [3.05, 3.63) is 34.3 Å². The molecular formula is C15H22BrN3O. The van der Waals surface area contributed by atoms with Crippen molar-refractivity contribution in [3.63, 3.8) is 0 Å². The normalized spacial score (nSPS) is 19.9. The summed E-state index contributed by atoms with van der Waals surface area (Å²) < 4.78 is 1.05. The second kappa shape index (κ2) is 7.20. The summed E-state index contributed by atoms with van der Waals surface area (Å²) in [4.78, 5) is 16.3. The zero-order valence-electron chi connectivity index (χ0n) is 12.1. The van der Waals surface area contributed by atoms with Gasteiger partial charge < -0.3 is 10.2 Å². The quantitative estimate of drug-likeness (QED) is 0.906. The lowest BCUT2D eigenvalue weighted by atomic mass is 10.2. The average Bonchev–Trinajstić information content (AvgIpc) is 2.41. The molecule has 1 N–H and O–H groups in total. The Morgan fingerprint density at radius 2 is 2.25 bits per heavy atom. The Labute approximate surface area is 129 Å². The second-order valence-electron chi connectivity index (χ2n) is 5.43. The molecule has 0 spiro atoms. The third-order valence-corrected chi connectivity index (χ3v) is 4.38. The van der Waals surface area contributed by atoms with Crippen molar-refractivity contribution in [2.24, 2.45) is 0 Å². The van der Waals surface area contributed by atoms with Crippen molar-refractivity contribution >= 4 is 21.8 Å². The molecule has 20 heavy (non-hydrogen) atoms. The molecule has 0 saturated carbocycles. The number of halogens is 1. The van der Waals surface area contributed by atoms with E-state index in [0.717, 1.165) is 29.7 Å². The van der Waals surface area contributed by atoms with Crippen LogP contribution in [0, 0.1) is 0 Å². The fraction of sp³-hybridized carbons (Fsp3) is 0.533. The number of carbonyl (C=O) groups excluding carboxylic acids is 1. The molecule has 5 heteroatoms.